The van der Waals surface area contributed by atoms with Gasteiger partial charge in [-0.15, -0.1) is 0 Å². The molecule has 2 aliphatic heterocycles. The van der Waals surface area contributed by atoms with Crippen molar-refractivity contribution < 1.29 is 18.4 Å². The largest absolute Gasteiger partial charge is 0.330 e. The van der Waals surface area contributed by atoms with E-state index in [0.717, 1.165) is 16.8 Å². The molecular formula is C32H29Cl2F2N7O2. The second kappa shape index (κ2) is 11.4. The SMILES string of the molecule is C[C@@H]1CCC[C@H](N2CCC(c3cc(Cl)ccc3-n3cnc(Cl)c3)=CC2=O)c2cc(ccn2)-c2c(cnn2C2CC2(F)F)NC1=O. The number of anilines is 1. The molecular weight excluding hydrogens is 623 g/mol. The monoisotopic (exact) mass is 651 g/mol. The summed E-state index contributed by atoms with van der Waals surface area (Å²) in [5.74, 6) is -3.58. The molecule has 5 heterocycles. The number of nitrogens with one attached hydrogen (secondary N) is 1. The minimum absolute atomic E-state index is 0.177. The highest BCUT2D eigenvalue weighted by Crippen LogP contribution is 2.54. The van der Waals surface area contributed by atoms with Gasteiger partial charge in [-0.3, -0.25) is 19.3 Å². The number of imidazole rings is 1. The fraction of sp³-hybridized carbons (Fsp3) is 0.344. The summed E-state index contributed by atoms with van der Waals surface area (Å²) in [6.07, 6.45) is 10.1. The summed E-state index contributed by atoms with van der Waals surface area (Å²) >= 11 is 12.5. The molecule has 4 aromatic rings. The van der Waals surface area contributed by atoms with Gasteiger partial charge in [-0.1, -0.05) is 36.5 Å². The van der Waals surface area contributed by atoms with E-state index in [4.69, 9.17) is 23.2 Å². The van der Waals surface area contributed by atoms with E-state index in [1.807, 2.05) is 25.1 Å². The maximum atomic E-state index is 14.2. The summed E-state index contributed by atoms with van der Waals surface area (Å²) in [6, 6.07) is 7.54. The highest BCUT2D eigenvalue weighted by atomic mass is 35.5. The Labute approximate surface area is 267 Å². The van der Waals surface area contributed by atoms with E-state index in [1.165, 1.54) is 10.9 Å². The second-order valence-corrected chi connectivity index (χ2v) is 12.7. The van der Waals surface area contributed by atoms with Crippen molar-refractivity contribution in [2.75, 3.05) is 11.9 Å². The average molecular weight is 653 g/mol. The van der Waals surface area contributed by atoms with Gasteiger partial charge < -0.3 is 14.8 Å². The molecule has 1 aliphatic carbocycles. The Morgan fingerprint density at radius 1 is 1.09 bits per heavy atom. The number of nitrogens with zero attached hydrogens (tertiary/aromatic N) is 6. The van der Waals surface area contributed by atoms with E-state index in [0.29, 0.717) is 65.0 Å². The Bertz CT molecular complexity index is 1850. The first kappa shape index (κ1) is 29.6. The standard InChI is InChI=1S/C32H29Cl2F2N7O2/c1-18-3-2-4-26(23-11-20(7-9-37-23)30-24(40-31(18)45)15-39-43(30)27-14-32(27,35)36)42-10-8-19(12-29(42)44)22-13-21(33)5-6-25(22)41-16-28(34)38-17-41/h5-7,9,11-13,15-18,26-27H,2-4,8,10,14H2,1H3,(H,40,45)/t18-,26+,27?/m1/s1. The van der Waals surface area contributed by atoms with E-state index in [-0.39, 0.29) is 24.2 Å². The van der Waals surface area contributed by atoms with Gasteiger partial charge in [-0.2, -0.15) is 5.10 Å². The van der Waals surface area contributed by atoms with Gasteiger partial charge in [0, 0.05) is 53.5 Å². The predicted octanol–water partition coefficient (Wildman–Crippen LogP) is 7.13. The van der Waals surface area contributed by atoms with Gasteiger partial charge >= 0.3 is 0 Å². The number of carbonyl (C=O) groups is 2. The van der Waals surface area contributed by atoms with Gasteiger partial charge in [0.05, 0.1) is 35.0 Å². The summed E-state index contributed by atoms with van der Waals surface area (Å²) < 4.78 is 31.5. The third-order valence-corrected chi connectivity index (χ3v) is 9.24. The molecule has 1 N–H and O–H groups in total. The normalized spacial score (nSPS) is 23.0. The fourth-order valence-electron chi connectivity index (χ4n) is 6.29. The molecule has 1 fully saturated rings. The molecule has 3 atom stereocenters. The van der Waals surface area contributed by atoms with Gasteiger partial charge in [0.25, 0.3) is 5.92 Å². The molecule has 1 saturated carbocycles. The summed E-state index contributed by atoms with van der Waals surface area (Å²) in [7, 11) is 0. The number of halogens is 4. The maximum absolute atomic E-state index is 14.2. The van der Waals surface area contributed by atoms with Crippen molar-refractivity contribution in [2.45, 2.75) is 57.0 Å². The zero-order chi connectivity index (χ0) is 31.5. The number of amides is 2. The van der Waals surface area contributed by atoms with Gasteiger partial charge in [-0.05, 0) is 55.2 Å². The molecule has 232 valence electrons. The van der Waals surface area contributed by atoms with Crippen molar-refractivity contribution in [2.24, 2.45) is 5.92 Å². The molecule has 3 aliphatic rings. The van der Waals surface area contributed by atoms with E-state index >= 15 is 0 Å². The minimum Gasteiger partial charge on any atom is -0.330 e. The molecule has 7 rings (SSSR count). The Kier molecular flexibility index (Phi) is 7.48. The molecule has 0 saturated heterocycles. The fourth-order valence-corrected chi connectivity index (χ4v) is 6.61. The average Bonchev–Trinajstić information content (AvgIpc) is 3.30. The molecule has 0 spiro atoms. The van der Waals surface area contributed by atoms with Crippen LogP contribution < -0.4 is 5.32 Å². The molecule has 13 heteroatoms. The number of pyridine rings is 1. The van der Waals surface area contributed by atoms with Crippen LogP contribution in [-0.2, 0) is 9.59 Å². The van der Waals surface area contributed by atoms with Crippen LogP contribution in [-0.4, -0.2) is 53.5 Å². The summed E-state index contributed by atoms with van der Waals surface area (Å²) in [4.78, 5) is 37.5. The third-order valence-electron chi connectivity index (χ3n) is 8.81. The van der Waals surface area contributed by atoms with Crippen LogP contribution in [0.2, 0.25) is 10.2 Å². The molecule has 2 amide bonds. The van der Waals surface area contributed by atoms with Crippen LogP contribution in [0.3, 0.4) is 0 Å². The minimum atomic E-state index is -2.86. The summed E-state index contributed by atoms with van der Waals surface area (Å²) in [5.41, 5.74) is 4.46. The van der Waals surface area contributed by atoms with Crippen LogP contribution in [0.5, 0.6) is 0 Å². The van der Waals surface area contributed by atoms with Crippen LogP contribution in [0.1, 0.15) is 62.4 Å². The molecule has 0 radical (unpaired) electrons. The summed E-state index contributed by atoms with van der Waals surface area (Å²) in [5, 5.41) is 8.06. The van der Waals surface area contributed by atoms with Crippen molar-refractivity contribution >= 4 is 46.3 Å². The lowest BCUT2D eigenvalue weighted by molar-refractivity contribution is -0.129. The van der Waals surface area contributed by atoms with Crippen molar-refractivity contribution in [1.29, 1.82) is 0 Å². The molecule has 2 bridgehead atoms. The van der Waals surface area contributed by atoms with Crippen molar-refractivity contribution in [1.82, 2.24) is 29.2 Å². The molecule has 45 heavy (non-hydrogen) atoms. The van der Waals surface area contributed by atoms with E-state index in [1.54, 1.807) is 46.4 Å². The smallest absolute Gasteiger partial charge is 0.272 e. The van der Waals surface area contributed by atoms with Crippen LogP contribution >= 0.6 is 23.2 Å². The van der Waals surface area contributed by atoms with E-state index < -0.39 is 18.0 Å². The van der Waals surface area contributed by atoms with Crippen LogP contribution in [0, 0.1) is 5.92 Å². The number of carbonyl (C=O) groups excluding carboxylic acids is 2. The number of benzene rings is 1. The topological polar surface area (TPSA) is 97.9 Å². The second-order valence-electron chi connectivity index (χ2n) is 11.9. The lowest BCUT2D eigenvalue weighted by Crippen LogP contribution is -2.38. The zero-order valence-corrected chi connectivity index (χ0v) is 25.8. The van der Waals surface area contributed by atoms with Crippen LogP contribution in [0.4, 0.5) is 14.5 Å². The maximum Gasteiger partial charge on any atom is 0.272 e. The number of hydrogen-bond acceptors (Lipinski definition) is 5. The van der Waals surface area contributed by atoms with E-state index in [9.17, 15) is 18.4 Å². The Morgan fingerprint density at radius 2 is 1.91 bits per heavy atom. The number of fused-ring (bicyclic) bond motifs is 4. The Hall–Kier alpha value is -4.09. The quantitative estimate of drug-likeness (QED) is 0.253. The molecule has 9 nitrogen and oxygen atoms in total. The van der Waals surface area contributed by atoms with Crippen LogP contribution in [0.25, 0.3) is 22.5 Å². The highest BCUT2D eigenvalue weighted by molar-refractivity contribution is 6.31. The number of aromatic nitrogens is 5. The number of alkyl halides is 2. The Balaban J connectivity index is 1.25. The van der Waals surface area contributed by atoms with Crippen molar-refractivity contribution in [3.63, 3.8) is 0 Å². The van der Waals surface area contributed by atoms with Gasteiger partial charge in [-0.25, -0.2) is 13.8 Å². The summed E-state index contributed by atoms with van der Waals surface area (Å²) in [6.45, 7) is 2.26. The highest BCUT2D eigenvalue weighted by Gasteiger charge is 2.59. The molecule has 1 aromatic carbocycles. The number of hydrogen-bond donors (Lipinski definition) is 1. The molecule has 3 aromatic heterocycles. The first-order valence-corrected chi connectivity index (χ1v) is 15.6. The van der Waals surface area contributed by atoms with E-state index in [2.05, 4.69) is 20.4 Å². The van der Waals surface area contributed by atoms with Crippen molar-refractivity contribution in [3.05, 3.63) is 82.8 Å². The number of rotatable bonds is 4. The Morgan fingerprint density at radius 3 is 2.64 bits per heavy atom. The molecule has 1 unspecified atom stereocenters. The van der Waals surface area contributed by atoms with Gasteiger partial charge in [0.1, 0.15) is 17.5 Å². The lowest BCUT2D eigenvalue weighted by atomic mass is 9.93. The first-order chi connectivity index (χ1) is 21.6. The van der Waals surface area contributed by atoms with Gasteiger partial charge in [0.2, 0.25) is 11.8 Å². The predicted molar refractivity (Wildman–Crippen MR) is 166 cm³/mol. The van der Waals surface area contributed by atoms with Crippen LogP contribution in [0.15, 0.2) is 61.3 Å². The van der Waals surface area contributed by atoms with Crippen molar-refractivity contribution in [3.8, 4) is 16.9 Å². The lowest BCUT2D eigenvalue weighted by Gasteiger charge is -2.35. The first-order valence-electron chi connectivity index (χ1n) is 14.8. The zero-order valence-electron chi connectivity index (χ0n) is 24.3. The third kappa shape index (κ3) is 5.63. The van der Waals surface area contributed by atoms with Gasteiger partial charge in [0.15, 0.2) is 0 Å².